The van der Waals surface area contributed by atoms with Crippen LogP contribution in [0.2, 0.25) is 0 Å². The molecule has 1 aromatic heterocycles. The van der Waals surface area contributed by atoms with E-state index in [1.54, 1.807) is 22.6 Å². The fourth-order valence-electron chi connectivity index (χ4n) is 1.09. The van der Waals surface area contributed by atoms with Crippen LogP contribution < -0.4 is 10.5 Å². The Hall–Kier alpha value is -0.610. The lowest BCUT2D eigenvalue weighted by Crippen LogP contribution is -2.19. The van der Waals surface area contributed by atoms with Gasteiger partial charge in [0.25, 0.3) is 0 Å². The number of aliphatic hydroxyl groups excluding tert-OH is 1. The molecular formula is C8H8F3IN2O2. The first kappa shape index (κ1) is 13.5. The molecule has 0 fully saturated rings. The predicted molar refractivity (Wildman–Crippen MR) is 57.5 cm³/mol. The van der Waals surface area contributed by atoms with Crippen LogP contribution in [0.1, 0.15) is 11.3 Å². The maximum atomic E-state index is 12.0. The highest BCUT2D eigenvalue weighted by Gasteiger charge is 2.32. The summed E-state index contributed by atoms with van der Waals surface area (Å²) in [6.45, 7) is -0.398. The van der Waals surface area contributed by atoms with Gasteiger partial charge in [-0.25, -0.2) is 0 Å². The third kappa shape index (κ3) is 3.19. The summed E-state index contributed by atoms with van der Waals surface area (Å²) < 4.78 is 40.0. The summed E-state index contributed by atoms with van der Waals surface area (Å²) in [4.78, 5) is 3.65. The van der Waals surface area contributed by atoms with Crippen molar-refractivity contribution in [3.8, 4) is 5.75 Å². The first-order valence-corrected chi connectivity index (χ1v) is 5.19. The van der Waals surface area contributed by atoms with Crippen molar-refractivity contribution >= 4 is 22.6 Å². The van der Waals surface area contributed by atoms with Gasteiger partial charge in [0, 0.05) is 12.1 Å². The lowest BCUT2D eigenvalue weighted by molar-refractivity contribution is -0.275. The van der Waals surface area contributed by atoms with Gasteiger partial charge in [0.05, 0.1) is 22.1 Å². The van der Waals surface area contributed by atoms with Crippen molar-refractivity contribution in [1.82, 2.24) is 4.98 Å². The normalized spacial score (nSPS) is 11.6. The average Bonchev–Trinajstić information content (AvgIpc) is 2.19. The number of aliphatic hydroxyl groups is 1. The van der Waals surface area contributed by atoms with E-state index in [0.717, 1.165) is 6.20 Å². The van der Waals surface area contributed by atoms with Crippen LogP contribution in [0.5, 0.6) is 5.75 Å². The van der Waals surface area contributed by atoms with Gasteiger partial charge >= 0.3 is 6.36 Å². The Morgan fingerprint density at radius 3 is 2.56 bits per heavy atom. The number of pyridine rings is 1. The minimum Gasteiger partial charge on any atom is -0.403 e. The Labute approximate surface area is 103 Å². The van der Waals surface area contributed by atoms with Crippen LogP contribution in [0.4, 0.5) is 13.2 Å². The number of aromatic nitrogens is 1. The lowest BCUT2D eigenvalue weighted by atomic mass is 10.2. The van der Waals surface area contributed by atoms with Gasteiger partial charge < -0.3 is 15.6 Å². The lowest BCUT2D eigenvalue weighted by Gasteiger charge is -2.14. The summed E-state index contributed by atoms with van der Waals surface area (Å²) in [5.41, 5.74) is 5.97. The molecule has 4 nitrogen and oxygen atoms in total. The van der Waals surface area contributed by atoms with Crippen molar-refractivity contribution in [2.24, 2.45) is 5.73 Å². The SMILES string of the molecule is NCc1c(CO)ncc(OC(F)(F)F)c1I. The van der Waals surface area contributed by atoms with Crippen LogP contribution in [-0.4, -0.2) is 16.5 Å². The predicted octanol–water partition coefficient (Wildman–Crippen LogP) is 1.54. The molecule has 3 N–H and O–H groups in total. The summed E-state index contributed by atoms with van der Waals surface area (Å²) in [6.07, 6.45) is -3.85. The molecular weight excluding hydrogens is 340 g/mol. The van der Waals surface area contributed by atoms with Crippen LogP contribution in [0.25, 0.3) is 0 Å². The smallest absolute Gasteiger partial charge is 0.403 e. The molecule has 0 aliphatic heterocycles. The summed E-state index contributed by atoms with van der Waals surface area (Å²) in [5, 5.41) is 8.91. The van der Waals surface area contributed by atoms with Crippen LogP contribution >= 0.6 is 22.6 Å². The number of alkyl halides is 3. The van der Waals surface area contributed by atoms with Crippen molar-refractivity contribution in [3.63, 3.8) is 0 Å². The number of nitrogens with two attached hydrogens (primary N) is 1. The molecule has 16 heavy (non-hydrogen) atoms. The van der Waals surface area contributed by atoms with E-state index in [9.17, 15) is 13.2 Å². The summed E-state index contributed by atoms with van der Waals surface area (Å²) in [7, 11) is 0. The largest absolute Gasteiger partial charge is 0.573 e. The molecule has 0 bridgehead atoms. The molecule has 0 aliphatic rings. The van der Waals surface area contributed by atoms with Gasteiger partial charge in [-0.1, -0.05) is 0 Å². The Morgan fingerprint density at radius 2 is 2.12 bits per heavy atom. The Bertz CT molecular complexity index is 384. The second-order valence-electron chi connectivity index (χ2n) is 2.77. The maximum Gasteiger partial charge on any atom is 0.573 e. The molecule has 0 atom stereocenters. The van der Waals surface area contributed by atoms with E-state index in [-0.39, 0.29) is 22.4 Å². The molecule has 0 unspecified atom stereocenters. The number of nitrogens with zero attached hydrogens (tertiary/aromatic N) is 1. The van der Waals surface area contributed by atoms with Crippen molar-refractivity contribution < 1.29 is 23.0 Å². The number of halogens is 4. The van der Waals surface area contributed by atoms with E-state index >= 15 is 0 Å². The van der Waals surface area contributed by atoms with E-state index in [1.807, 2.05) is 0 Å². The molecule has 8 heteroatoms. The molecule has 0 radical (unpaired) electrons. The van der Waals surface area contributed by atoms with E-state index in [1.165, 1.54) is 0 Å². The molecule has 1 rings (SSSR count). The van der Waals surface area contributed by atoms with E-state index in [2.05, 4.69) is 9.72 Å². The summed E-state index contributed by atoms with van der Waals surface area (Å²) >= 11 is 1.67. The van der Waals surface area contributed by atoms with Crippen LogP contribution in [0.15, 0.2) is 6.20 Å². The standard InChI is InChI=1S/C8H8F3IN2O2/c9-8(10,11)16-6-2-14-5(3-15)4(1-13)7(6)12/h2,15H,1,3,13H2. The van der Waals surface area contributed by atoms with Gasteiger partial charge in [-0.2, -0.15) is 0 Å². The highest BCUT2D eigenvalue weighted by molar-refractivity contribution is 14.1. The molecule has 0 saturated heterocycles. The first-order chi connectivity index (χ1) is 7.39. The maximum absolute atomic E-state index is 12.0. The van der Waals surface area contributed by atoms with Crippen molar-refractivity contribution in [2.45, 2.75) is 19.5 Å². The third-order valence-corrected chi connectivity index (χ3v) is 2.93. The minimum absolute atomic E-state index is 0.0176. The highest BCUT2D eigenvalue weighted by atomic mass is 127. The van der Waals surface area contributed by atoms with Gasteiger partial charge in [0.1, 0.15) is 0 Å². The molecule has 1 aromatic rings. The van der Waals surface area contributed by atoms with E-state index in [0.29, 0.717) is 5.56 Å². The Morgan fingerprint density at radius 1 is 1.50 bits per heavy atom. The monoisotopic (exact) mass is 348 g/mol. The summed E-state index contributed by atoms with van der Waals surface area (Å²) in [5.74, 6) is -0.411. The van der Waals surface area contributed by atoms with Crippen molar-refractivity contribution in [1.29, 1.82) is 0 Å². The zero-order chi connectivity index (χ0) is 12.3. The van der Waals surface area contributed by atoms with Crippen LogP contribution in [0, 0.1) is 3.57 Å². The first-order valence-electron chi connectivity index (χ1n) is 4.12. The van der Waals surface area contributed by atoms with Crippen molar-refractivity contribution in [3.05, 3.63) is 21.0 Å². The second-order valence-corrected chi connectivity index (χ2v) is 3.85. The number of hydrogen-bond acceptors (Lipinski definition) is 4. The van der Waals surface area contributed by atoms with Crippen LogP contribution in [-0.2, 0) is 13.2 Å². The minimum atomic E-state index is -4.77. The topological polar surface area (TPSA) is 68.4 Å². The zero-order valence-corrected chi connectivity index (χ0v) is 10.0. The van der Waals surface area contributed by atoms with E-state index in [4.69, 9.17) is 10.8 Å². The Balaban J connectivity index is 3.14. The highest BCUT2D eigenvalue weighted by Crippen LogP contribution is 2.30. The van der Waals surface area contributed by atoms with Crippen LogP contribution in [0.3, 0.4) is 0 Å². The van der Waals surface area contributed by atoms with Gasteiger partial charge in [0.15, 0.2) is 5.75 Å². The third-order valence-electron chi connectivity index (χ3n) is 1.75. The number of ether oxygens (including phenoxy) is 1. The molecule has 1 heterocycles. The Kier molecular flexibility index (Phi) is 4.33. The molecule has 0 aliphatic carbocycles. The van der Waals surface area contributed by atoms with Gasteiger partial charge in [0.2, 0.25) is 0 Å². The zero-order valence-electron chi connectivity index (χ0n) is 7.88. The molecule has 90 valence electrons. The second kappa shape index (κ2) is 5.15. The number of rotatable bonds is 3. The van der Waals surface area contributed by atoms with E-state index < -0.39 is 12.1 Å². The molecule has 0 spiro atoms. The van der Waals surface area contributed by atoms with Gasteiger partial charge in [-0.05, 0) is 22.6 Å². The number of hydrogen-bond donors (Lipinski definition) is 2. The summed E-state index contributed by atoms with van der Waals surface area (Å²) in [6, 6.07) is 0. The van der Waals surface area contributed by atoms with Gasteiger partial charge in [-0.3, -0.25) is 4.98 Å². The average molecular weight is 348 g/mol. The molecule has 0 aromatic carbocycles. The van der Waals surface area contributed by atoms with Gasteiger partial charge in [-0.15, -0.1) is 13.2 Å². The quantitative estimate of drug-likeness (QED) is 0.814. The fourth-order valence-corrected chi connectivity index (χ4v) is 1.87. The molecule has 0 amide bonds. The molecule has 0 saturated carbocycles. The van der Waals surface area contributed by atoms with Crippen molar-refractivity contribution in [2.75, 3.05) is 0 Å². The fraction of sp³-hybridized carbons (Fsp3) is 0.375.